The van der Waals surface area contributed by atoms with Crippen molar-refractivity contribution in [1.82, 2.24) is 0 Å². The van der Waals surface area contributed by atoms with Crippen molar-refractivity contribution in [2.24, 2.45) is 0 Å². The summed E-state index contributed by atoms with van der Waals surface area (Å²) in [6, 6.07) is 0. The van der Waals surface area contributed by atoms with Crippen LogP contribution in [0.1, 0.15) is 51.9 Å². The van der Waals surface area contributed by atoms with Crippen molar-refractivity contribution in [1.29, 1.82) is 0 Å². The van der Waals surface area contributed by atoms with E-state index in [2.05, 4.69) is 6.92 Å². The molecule has 0 bridgehead atoms. The van der Waals surface area contributed by atoms with E-state index in [9.17, 15) is 25.5 Å². The van der Waals surface area contributed by atoms with Gasteiger partial charge in [-0.2, -0.15) is 0 Å². The maximum absolute atomic E-state index is 9.98. The number of hydrogen-bond donors (Lipinski definition) is 5. The molecule has 1 fully saturated rings. The zero-order chi connectivity index (χ0) is 15.1. The lowest BCUT2D eigenvalue weighted by atomic mass is 9.93. The topological polar surface area (TPSA) is 110 Å². The Kier molecular flexibility index (Phi) is 7.94. The first-order valence-corrected chi connectivity index (χ1v) is 7.54. The molecule has 1 heterocycles. The molecule has 0 radical (unpaired) electrons. The zero-order valence-corrected chi connectivity index (χ0v) is 12.1. The Labute approximate surface area is 120 Å². The van der Waals surface area contributed by atoms with Crippen LogP contribution in [0.4, 0.5) is 0 Å². The number of aliphatic hydroxyl groups excluding tert-OH is 5. The Bertz CT molecular complexity index is 262. The number of hydrogen-bond acceptors (Lipinski definition) is 6. The van der Waals surface area contributed by atoms with Crippen LogP contribution in [0.5, 0.6) is 0 Å². The van der Waals surface area contributed by atoms with E-state index in [4.69, 9.17) is 4.74 Å². The summed E-state index contributed by atoms with van der Waals surface area (Å²) >= 11 is 0. The fourth-order valence-corrected chi connectivity index (χ4v) is 2.50. The van der Waals surface area contributed by atoms with Crippen LogP contribution in [-0.4, -0.2) is 62.3 Å². The largest absolute Gasteiger partial charge is 0.390 e. The Morgan fingerprint density at radius 1 is 0.850 bits per heavy atom. The molecule has 0 amide bonds. The van der Waals surface area contributed by atoms with Crippen molar-refractivity contribution < 1.29 is 30.3 Å². The van der Waals surface area contributed by atoms with Gasteiger partial charge in [-0.05, 0) is 6.42 Å². The lowest BCUT2D eigenvalue weighted by Gasteiger charge is -2.40. The van der Waals surface area contributed by atoms with Crippen LogP contribution in [-0.2, 0) is 4.74 Å². The molecule has 6 nitrogen and oxygen atoms in total. The van der Waals surface area contributed by atoms with Crippen LogP contribution < -0.4 is 0 Å². The maximum Gasteiger partial charge on any atom is 0.184 e. The fraction of sp³-hybridized carbons (Fsp3) is 1.00. The van der Waals surface area contributed by atoms with E-state index in [0.717, 1.165) is 19.3 Å². The predicted octanol–water partition coefficient (Wildman–Crippen LogP) is -0.102. The number of unbranched alkanes of at least 4 members (excludes halogenated alkanes) is 5. The first-order chi connectivity index (χ1) is 9.49. The third kappa shape index (κ3) is 4.95. The van der Waals surface area contributed by atoms with Crippen molar-refractivity contribution in [2.75, 3.05) is 0 Å². The summed E-state index contributed by atoms with van der Waals surface area (Å²) in [6.07, 6.45) is -1.18. The van der Waals surface area contributed by atoms with Crippen LogP contribution in [0.3, 0.4) is 0 Å². The van der Waals surface area contributed by atoms with E-state index in [-0.39, 0.29) is 0 Å². The second-order valence-electron chi connectivity index (χ2n) is 5.59. The van der Waals surface area contributed by atoms with Gasteiger partial charge < -0.3 is 30.3 Å². The highest BCUT2D eigenvalue weighted by atomic mass is 16.6. The molecule has 0 saturated carbocycles. The number of rotatable bonds is 8. The molecule has 0 spiro atoms. The highest BCUT2D eigenvalue weighted by molar-refractivity contribution is 4.91. The molecule has 1 rings (SSSR count). The average Bonchev–Trinajstić information content (AvgIpc) is 2.44. The molecular formula is C14H28O6. The lowest BCUT2D eigenvalue weighted by Crippen LogP contribution is -2.60. The molecule has 6 heteroatoms. The standard InChI is InChI=1S/C14H28O6/c1-2-3-4-5-6-7-8-9(15)13-11(17)10(16)12(18)14(19)20-13/h9-19H,2-8H2,1H3/t9?,10-,11-,12+,13+,14+/m0/s1. The van der Waals surface area contributed by atoms with E-state index >= 15 is 0 Å². The van der Waals surface area contributed by atoms with Crippen molar-refractivity contribution in [3.63, 3.8) is 0 Å². The van der Waals surface area contributed by atoms with Gasteiger partial charge in [-0.3, -0.25) is 0 Å². The van der Waals surface area contributed by atoms with Crippen LogP contribution in [0.15, 0.2) is 0 Å². The third-order valence-corrected chi connectivity index (χ3v) is 3.86. The second-order valence-corrected chi connectivity index (χ2v) is 5.59. The molecule has 1 aliphatic heterocycles. The van der Waals surface area contributed by atoms with Crippen molar-refractivity contribution in [3.05, 3.63) is 0 Å². The van der Waals surface area contributed by atoms with Gasteiger partial charge >= 0.3 is 0 Å². The highest BCUT2D eigenvalue weighted by Gasteiger charge is 2.45. The molecule has 1 unspecified atom stereocenters. The third-order valence-electron chi connectivity index (χ3n) is 3.86. The van der Waals surface area contributed by atoms with Gasteiger partial charge in [0.05, 0.1) is 6.10 Å². The van der Waals surface area contributed by atoms with Crippen molar-refractivity contribution in [2.45, 2.75) is 88.7 Å². The Morgan fingerprint density at radius 2 is 1.45 bits per heavy atom. The minimum absolute atomic E-state index is 0.434. The lowest BCUT2D eigenvalue weighted by molar-refractivity contribution is -0.297. The second kappa shape index (κ2) is 8.92. The Hall–Kier alpha value is -0.240. The minimum Gasteiger partial charge on any atom is -0.390 e. The first-order valence-electron chi connectivity index (χ1n) is 7.54. The van der Waals surface area contributed by atoms with Gasteiger partial charge in [0.25, 0.3) is 0 Å². The Morgan fingerprint density at radius 3 is 2.10 bits per heavy atom. The van der Waals surface area contributed by atoms with Crippen LogP contribution >= 0.6 is 0 Å². The molecule has 5 N–H and O–H groups in total. The van der Waals surface area contributed by atoms with Gasteiger partial charge in [-0.15, -0.1) is 0 Å². The molecule has 0 aromatic carbocycles. The molecule has 0 aromatic rings. The molecular weight excluding hydrogens is 264 g/mol. The monoisotopic (exact) mass is 292 g/mol. The van der Waals surface area contributed by atoms with E-state index < -0.39 is 36.8 Å². The summed E-state index contributed by atoms with van der Waals surface area (Å²) in [5, 5.41) is 48.0. The van der Waals surface area contributed by atoms with E-state index in [0.29, 0.717) is 6.42 Å². The number of aliphatic hydroxyl groups is 5. The van der Waals surface area contributed by atoms with Gasteiger partial charge in [0, 0.05) is 0 Å². The van der Waals surface area contributed by atoms with Gasteiger partial charge in [0.15, 0.2) is 6.29 Å². The van der Waals surface area contributed by atoms with Gasteiger partial charge in [0.2, 0.25) is 0 Å². The quantitative estimate of drug-likeness (QED) is 0.400. The number of ether oxygens (including phenoxy) is 1. The van der Waals surface area contributed by atoms with E-state index in [1.165, 1.54) is 19.3 Å². The predicted molar refractivity (Wildman–Crippen MR) is 72.9 cm³/mol. The van der Waals surface area contributed by atoms with Crippen LogP contribution in [0, 0.1) is 0 Å². The molecule has 120 valence electrons. The smallest absolute Gasteiger partial charge is 0.184 e. The molecule has 20 heavy (non-hydrogen) atoms. The van der Waals surface area contributed by atoms with Gasteiger partial charge in [-0.1, -0.05) is 45.4 Å². The van der Waals surface area contributed by atoms with Crippen LogP contribution in [0.25, 0.3) is 0 Å². The molecule has 0 aromatic heterocycles. The Balaban J connectivity index is 2.29. The van der Waals surface area contributed by atoms with Crippen LogP contribution in [0.2, 0.25) is 0 Å². The maximum atomic E-state index is 9.98. The summed E-state index contributed by atoms with van der Waals surface area (Å²) in [7, 11) is 0. The minimum atomic E-state index is -1.59. The summed E-state index contributed by atoms with van der Waals surface area (Å²) in [5.41, 5.74) is 0. The van der Waals surface area contributed by atoms with Gasteiger partial charge in [0.1, 0.15) is 24.4 Å². The zero-order valence-electron chi connectivity index (χ0n) is 12.1. The normalized spacial score (nSPS) is 36.0. The summed E-state index contributed by atoms with van der Waals surface area (Å²) < 4.78 is 4.98. The first kappa shape index (κ1) is 17.8. The van der Waals surface area contributed by atoms with E-state index in [1.54, 1.807) is 0 Å². The van der Waals surface area contributed by atoms with E-state index in [1.807, 2.05) is 0 Å². The molecule has 1 saturated heterocycles. The average molecular weight is 292 g/mol. The molecule has 1 aliphatic rings. The van der Waals surface area contributed by atoms with Crippen molar-refractivity contribution in [3.8, 4) is 0 Å². The summed E-state index contributed by atoms with van der Waals surface area (Å²) in [5.74, 6) is 0. The molecule has 0 aliphatic carbocycles. The summed E-state index contributed by atoms with van der Waals surface area (Å²) in [4.78, 5) is 0. The SMILES string of the molecule is CCCCCCCCC(O)[C@H]1O[C@@H](O)[C@H](O)[C@@H](O)[C@@H]1O. The van der Waals surface area contributed by atoms with Crippen molar-refractivity contribution >= 4 is 0 Å². The van der Waals surface area contributed by atoms with Gasteiger partial charge in [-0.25, -0.2) is 0 Å². The molecule has 6 atom stereocenters. The highest BCUT2D eigenvalue weighted by Crippen LogP contribution is 2.24. The fourth-order valence-electron chi connectivity index (χ4n) is 2.50. The summed E-state index contributed by atoms with van der Waals surface area (Å²) in [6.45, 7) is 2.15.